The minimum Gasteiger partial charge on any atom is -0.492 e. The Morgan fingerprint density at radius 1 is 1.21 bits per heavy atom. The summed E-state index contributed by atoms with van der Waals surface area (Å²) in [4.78, 5) is 8.17. The van der Waals surface area contributed by atoms with Gasteiger partial charge in [0.2, 0.25) is 0 Å². The van der Waals surface area contributed by atoms with Crippen molar-refractivity contribution in [1.82, 2.24) is 9.97 Å². The van der Waals surface area contributed by atoms with Crippen LogP contribution in [0.3, 0.4) is 0 Å². The van der Waals surface area contributed by atoms with Crippen LogP contribution in [0.2, 0.25) is 0 Å². The van der Waals surface area contributed by atoms with Crippen LogP contribution < -0.4 is 10.5 Å². The van der Waals surface area contributed by atoms with E-state index in [1.54, 1.807) is 24.8 Å². The van der Waals surface area contributed by atoms with Gasteiger partial charge in [-0.1, -0.05) is 0 Å². The molecule has 4 nitrogen and oxygen atoms in total. The summed E-state index contributed by atoms with van der Waals surface area (Å²) in [5.74, 6) is 0.777. The van der Waals surface area contributed by atoms with Crippen molar-refractivity contribution < 1.29 is 4.74 Å². The maximum atomic E-state index is 6.20. The van der Waals surface area contributed by atoms with Crippen molar-refractivity contribution in [1.29, 1.82) is 0 Å². The zero-order valence-electron chi connectivity index (χ0n) is 11.1. The van der Waals surface area contributed by atoms with Crippen LogP contribution in [-0.4, -0.2) is 16.6 Å². The van der Waals surface area contributed by atoms with E-state index in [0.717, 1.165) is 24.2 Å². The smallest absolute Gasteiger partial charge is 0.137 e. The van der Waals surface area contributed by atoms with Crippen molar-refractivity contribution in [3.8, 4) is 5.75 Å². The van der Waals surface area contributed by atoms with Crippen LogP contribution >= 0.6 is 0 Å². The molecule has 0 aliphatic rings. The average Bonchev–Trinajstić information content (AvgIpc) is 2.46. The molecule has 0 saturated carbocycles. The molecule has 1 unspecified atom stereocenters. The van der Waals surface area contributed by atoms with Gasteiger partial charge in [-0.05, 0) is 49.1 Å². The molecule has 100 valence electrons. The summed E-state index contributed by atoms with van der Waals surface area (Å²) in [5.41, 5.74) is 8.46. The van der Waals surface area contributed by atoms with Gasteiger partial charge < -0.3 is 10.5 Å². The van der Waals surface area contributed by atoms with Crippen LogP contribution in [0.4, 0.5) is 0 Å². The number of aryl methyl sites for hydroxylation is 1. The van der Waals surface area contributed by atoms with E-state index < -0.39 is 0 Å². The third kappa shape index (κ3) is 4.03. The van der Waals surface area contributed by atoms with Gasteiger partial charge in [-0.25, -0.2) is 0 Å². The lowest BCUT2D eigenvalue weighted by molar-refractivity contribution is 0.338. The van der Waals surface area contributed by atoms with Crippen molar-refractivity contribution in [3.05, 3.63) is 54.1 Å². The first-order valence-corrected chi connectivity index (χ1v) is 6.52. The van der Waals surface area contributed by atoms with Gasteiger partial charge in [-0.15, -0.1) is 0 Å². The molecule has 2 aromatic heterocycles. The summed E-state index contributed by atoms with van der Waals surface area (Å²) in [5, 5.41) is 0. The van der Waals surface area contributed by atoms with Crippen molar-refractivity contribution in [2.45, 2.75) is 25.8 Å². The molecule has 0 spiro atoms. The summed E-state index contributed by atoms with van der Waals surface area (Å²) in [6.07, 6.45) is 8.93. The molecule has 19 heavy (non-hydrogen) atoms. The summed E-state index contributed by atoms with van der Waals surface area (Å²) in [7, 11) is 0. The summed E-state index contributed by atoms with van der Waals surface area (Å²) in [6.45, 7) is 2.59. The van der Waals surface area contributed by atoms with Gasteiger partial charge >= 0.3 is 0 Å². The molecular formula is C15H19N3O. The zero-order chi connectivity index (χ0) is 13.5. The molecule has 0 aliphatic carbocycles. The Hall–Kier alpha value is -1.94. The van der Waals surface area contributed by atoms with E-state index in [2.05, 4.69) is 9.97 Å². The number of nitrogens with zero attached hydrogens (tertiary/aromatic N) is 2. The van der Waals surface area contributed by atoms with Crippen LogP contribution in [0.5, 0.6) is 5.75 Å². The molecule has 0 saturated heterocycles. The Balaban J connectivity index is 1.95. The van der Waals surface area contributed by atoms with Gasteiger partial charge in [0.25, 0.3) is 0 Å². The molecule has 2 aromatic rings. The van der Waals surface area contributed by atoms with Gasteiger partial charge in [0.15, 0.2) is 0 Å². The lowest BCUT2D eigenvalue weighted by Crippen LogP contribution is -2.12. The fourth-order valence-corrected chi connectivity index (χ4v) is 1.92. The SMILES string of the molecule is CCOc1cncc(C(N)CCc2ccncc2)c1. The Morgan fingerprint density at radius 3 is 2.74 bits per heavy atom. The van der Waals surface area contributed by atoms with E-state index in [1.807, 2.05) is 25.1 Å². The van der Waals surface area contributed by atoms with Crippen LogP contribution in [0.1, 0.15) is 30.5 Å². The van der Waals surface area contributed by atoms with E-state index in [9.17, 15) is 0 Å². The summed E-state index contributed by atoms with van der Waals surface area (Å²) in [6, 6.07) is 5.97. The fourth-order valence-electron chi connectivity index (χ4n) is 1.92. The second-order valence-electron chi connectivity index (χ2n) is 4.39. The van der Waals surface area contributed by atoms with E-state index in [0.29, 0.717) is 6.61 Å². The van der Waals surface area contributed by atoms with E-state index >= 15 is 0 Å². The van der Waals surface area contributed by atoms with Crippen LogP contribution in [-0.2, 0) is 6.42 Å². The number of aromatic nitrogens is 2. The normalized spacial score (nSPS) is 12.1. The molecule has 0 amide bonds. The predicted molar refractivity (Wildman–Crippen MR) is 74.9 cm³/mol. The highest BCUT2D eigenvalue weighted by Gasteiger charge is 2.08. The minimum absolute atomic E-state index is 0.0268. The fraction of sp³-hybridized carbons (Fsp3) is 0.333. The highest BCUT2D eigenvalue weighted by molar-refractivity contribution is 5.26. The molecule has 0 aromatic carbocycles. The topological polar surface area (TPSA) is 61.0 Å². The van der Waals surface area contributed by atoms with Crippen molar-refractivity contribution >= 4 is 0 Å². The molecule has 2 rings (SSSR count). The average molecular weight is 257 g/mol. The standard InChI is InChI=1S/C15H19N3O/c1-2-19-14-9-13(10-18-11-14)15(16)4-3-12-5-7-17-8-6-12/h5-11,15H,2-4,16H2,1H3. The molecule has 0 fully saturated rings. The second kappa shape index (κ2) is 6.85. The highest BCUT2D eigenvalue weighted by Crippen LogP contribution is 2.20. The van der Waals surface area contributed by atoms with Gasteiger partial charge in [-0.3, -0.25) is 9.97 Å². The van der Waals surface area contributed by atoms with Crippen LogP contribution in [0.25, 0.3) is 0 Å². The first kappa shape index (κ1) is 13.5. The molecule has 4 heteroatoms. The molecular weight excluding hydrogens is 238 g/mol. The first-order chi connectivity index (χ1) is 9.29. The Morgan fingerprint density at radius 2 is 2.00 bits per heavy atom. The Labute approximate surface area is 113 Å². The molecule has 0 aliphatic heterocycles. The van der Waals surface area contributed by atoms with Gasteiger partial charge in [0.05, 0.1) is 12.8 Å². The van der Waals surface area contributed by atoms with E-state index in [1.165, 1.54) is 5.56 Å². The number of rotatable bonds is 6. The molecule has 2 heterocycles. The second-order valence-corrected chi connectivity index (χ2v) is 4.39. The zero-order valence-corrected chi connectivity index (χ0v) is 11.1. The predicted octanol–water partition coefficient (Wildman–Crippen LogP) is 2.51. The minimum atomic E-state index is -0.0268. The van der Waals surface area contributed by atoms with Crippen molar-refractivity contribution in [3.63, 3.8) is 0 Å². The number of hydrogen-bond donors (Lipinski definition) is 1. The third-order valence-electron chi connectivity index (χ3n) is 2.97. The molecule has 0 radical (unpaired) electrons. The van der Waals surface area contributed by atoms with Crippen LogP contribution in [0.15, 0.2) is 43.0 Å². The summed E-state index contributed by atoms with van der Waals surface area (Å²) >= 11 is 0. The number of ether oxygens (including phenoxy) is 1. The maximum absolute atomic E-state index is 6.20. The Bertz CT molecular complexity index is 502. The summed E-state index contributed by atoms with van der Waals surface area (Å²) < 4.78 is 5.43. The van der Waals surface area contributed by atoms with Crippen molar-refractivity contribution in [2.24, 2.45) is 5.73 Å². The molecule has 0 bridgehead atoms. The van der Waals surface area contributed by atoms with E-state index in [-0.39, 0.29) is 6.04 Å². The molecule has 2 N–H and O–H groups in total. The highest BCUT2D eigenvalue weighted by atomic mass is 16.5. The van der Waals surface area contributed by atoms with Gasteiger partial charge in [0.1, 0.15) is 5.75 Å². The largest absolute Gasteiger partial charge is 0.492 e. The Kier molecular flexibility index (Phi) is 4.86. The monoisotopic (exact) mass is 257 g/mol. The van der Waals surface area contributed by atoms with Gasteiger partial charge in [-0.2, -0.15) is 0 Å². The first-order valence-electron chi connectivity index (χ1n) is 6.52. The van der Waals surface area contributed by atoms with Gasteiger partial charge in [0, 0.05) is 24.6 Å². The maximum Gasteiger partial charge on any atom is 0.137 e. The number of nitrogens with two attached hydrogens (primary N) is 1. The lowest BCUT2D eigenvalue weighted by Gasteiger charge is -2.13. The molecule has 1 atom stereocenters. The number of pyridine rings is 2. The quantitative estimate of drug-likeness (QED) is 0.863. The van der Waals surface area contributed by atoms with E-state index in [4.69, 9.17) is 10.5 Å². The van der Waals surface area contributed by atoms with Crippen LogP contribution in [0, 0.1) is 0 Å². The number of hydrogen-bond acceptors (Lipinski definition) is 4. The van der Waals surface area contributed by atoms with Crippen molar-refractivity contribution in [2.75, 3.05) is 6.61 Å². The lowest BCUT2D eigenvalue weighted by atomic mass is 10.0. The third-order valence-corrected chi connectivity index (χ3v) is 2.97.